The van der Waals surface area contributed by atoms with Gasteiger partial charge >= 0.3 is 0 Å². The number of nitrogens with one attached hydrogen (secondary N) is 1. The second-order valence-corrected chi connectivity index (χ2v) is 5.90. The average Bonchev–Trinajstić information content (AvgIpc) is 2.27. The van der Waals surface area contributed by atoms with Crippen molar-refractivity contribution in [3.8, 4) is 0 Å². The molecule has 0 amide bonds. The van der Waals surface area contributed by atoms with Gasteiger partial charge in [-0.1, -0.05) is 29.8 Å². The summed E-state index contributed by atoms with van der Waals surface area (Å²) >= 11 is 3.25. The van der Waals surface area contributed by atoms with E-state index in [4.69, 9.17) is 0 Å². The lowest BCUT2D eigenvalue weighted by molar-refractivity contribution is -0.385. The molecule has 1 aromatic carbocycles. The zero-order valence-corrected chi connectivity index (χ0v) is 12.7. The molecule has 0 aliphatic rings. The highest BCUT2D eigenvalue weighted by molar-refractivity contribution is 9.10. The molecule has 0 saturated carbocycles. The number of halogens is 1. The van der Waals surface area contributed by atoms with E-state index < -0.39 is 4.92 Å². The highest BCUT2D eigenvalue weighted by Crippen LogP contribution is 2.21. The smallest absolute Gasteiger partial charge is 0.270 e. The number of aliphatic hydroxyl groups excluding tert-OH is 1. The third kappa shape index (κ3) is 6.13. The first-order chi connectivity index (χ1) is 8.88. The highest BCUT2D eigenvalue weighted by Gasteiger charge is 2.10. The molecular formula is C13H19BrN2O3. The molecule has 0 aromatic heterocycles. The fourth-order valence-electron chi connectivity index (χ4n) is 1.85. The molecular weight excluding hydrogens is 312 g/mol. The average molecular weight is 331 g/mol. The summed E-state index contributed by atoms with van der Waals surface area (Å²) in [5.41, 5.74) is 0.881. The molecule has 0 spiro atoms. The van der Waals surface area contributed by atoms with Crippen LogP contribution in [0.15, 0.2) is 22.7 Å². The second kappa shape index (κ2) is 7.57. The van der Waals surface area contributed by atoms with E-state index >= 15 is 0 Å². The molecule has 0 saturated heterocycles. The predicted molar refractivity (Wildman–Crippen MR) is 78.0 cm³/mol. The topological polar surface area (TPSA) is 75.4 Å². The van der Waals surface area contributed by atoms with E-state index in [1.54, 1.807) is 0 Å². The van der Waals surface area contributed by atoms with Crippen LogP contribution in [0.1, 0.15) is 25.8 Å². The van der Waals surface area contributed by atoms with Gasteiger partial charge in [-0.15, -0.1) is 0 Å². The predicted octanol–water partition coefficient (Wildman–Crippen LogP) is 2.85. The van der Waals surface area contributed by atoms with Gasteiger partial charge < -0.3 is 10.4 Å². The summed E-state index contributed by atoms with van der Waals surface area (Å²) in [6.07, 6.45) is 0.355. The Morgan fingerprint density at radius 2 is 2.11 bits per heavy atom. The van der Waals surface area contributed by atoms with Gasteiger partial charge in [0.05, 0.1) is 11.0 Å². The van der Waals surface area contributed by atoms with Crippen molar-refractivity contribution in [2.24, 2.45) is 5.92 Å². The van der Waals surface area contributed by atoms with Crippen LogP contribution in [-0.2, 0) is 6.54 Å². The lowest BCUT2D eigenvalue weighted by atomic mass is 10.1. The van der Waals surface area contributed by atoms with E-state index in [1.165, 1.54) is 12.1 Å². The lowest BCUT2D eigenvalue weighted by Crippen LogP contribution is -2.27. The van der Waals surface area contributed by atoms with Crippen molar-refractivity contribution < 1.29 is 10.0 Å². The second-order valence-electron chi connectivity index (χ2n) is 4.99. The first kappa shape index (κ1) is 16.1. The van der Waals surface area contributed by atoms with Gasteiger partial charge in [0.2, 0.25) is 0 Å². The minimum Gasteiger partial charge on any atom is -0.392 e. The summed E-state index contributed by atoms with van der Waals surface area (Å²) in [6, 6.07) is 4.83. The first-order valence-electron chi connectivity index (χ1n) is 6.21. The summed E-state index contributed by atoms with van der Waals surface area (Å²) in [6.45, 7) is 5.09. The third-order valence-electron chi connectivity index (χ3n) is 2.61. The van der Waals surface area contributed by atoms with Gasteiger partial charge in [-0.25, -0.2) is 0 Å². The molecule has 2 N–H and O–H groups in total. The molecule has 19 heavy (non-hydrogen) atoms. The Kier molecular flexibility index (Phi) is 6.41. The molecule has 0 bridgehead atoms. The molecule has 0 fully saturated rings. The Hall–Kier alpha value is -0.980. The molecule has 1 rings (SSSR count). The minimum atomic E-state index is -0.415. The molecule has 5 nitrogen and oxygen atoms in total. The number of hydrogen-bond donors (Lipinski definition) is 2. The molecule has 0 aliphatic carbocycles. The van der Waals surface area contributed by atoms with Gasteiger partial charge in [-0.3, -0.25) is 10.1 Å². The van der Waals surface area contributed by atoms with Gasteiger partial charge in [0, 0.05) is 29.7 Å². The van der Waals surface area contributed by atoms with Crippen LogP contribution < -0.4 is 5.32 Å². The fraction of sp³-hybridized carbons (Fsp3) is 0.538. The van der Waals surface area contributed by atoms with Crippen LogP contribution in [0.5, 0.6) is 0 Å². The number of nitro benzene ring substituents is 1. The molecule has 106 valence electrons. The maximum Gasteiger partial charge on any atom is 0.270 e. The molecule has 6 heteroatoms. The third-order valence-corrected chi connectivity index (χ3v) is 3.06. The summed E-state index contributed by atoms with van der Waals surface area (Å²) in [7, 11) is 0. The van der Waals surface area contributed by atoms with Crippen LogP contribution >= 0.6 is 15.9 Å². The minimum absolute atomic E-state index is 0.0638. The Morgan fingerprint density at radius 1 is 1.42 bits per heavy atom. The Morgan fingerprint density at radius 3 is 2.68 bits per heavy atom. The van der Waals surface area contributed by atoms with Crippen molar-refractivity contribution in [2.75, 3.05) is 6.54 Å². The molecule has 1 atom stereocenters. The van der Waals surface area contributed by atoms with Gasteiger partial charge in [0.1, 0.15) is 0 Å². The zero-order chi connectivity index (χ0) is 14.4. The van der Waals surface area contributed by atoms with E-state index in [9.17, 15) is 15.2 Å². The van der Waals surface area contributed by atoms with Crippen LogP contribution in [-0.4, -0.2) is 22.7 Å². The molecule has 1 aromatic rings. The van der Waals surface area contributed by atoms with E-state index in [2.05, 4.69) is 35.1 Å². The maximum absolute atomic E-state index is 10.7. The number of hydrogen-bond acceptors (Lipinski definition) is 4. The van der Waals surface area contributed by atoms with Crippen molar-refractivity contribution in [2.45, 2.75) is 32.9 Å². The number of non-ortho nitro benzene ring substituents is 1. The van der Waals surface area contributed by atoms with Gasteiger partial charge in [-0.2, -0.15) is 0 Å². The Balaban J connectivity index is 2.51. The van der Waals surface area contributed by atoms with Gasteiger partial charge in [0.25, 0.3) is 5.69 Å². The van der Waals surface area contributed by atoms with E-state index in [-0.39, 0.29) is 11.8 Å². The standard InChI is InChI=1S/C13H19BrN2O3/c1-9(2)3-13(17)8-15-7-10-4-11(14)6-12(5-10)16(18)19/h4-6,9,13,15,17H,3,7-8H2,1-2H3. The monoisotopic (exact) mass is 330 g/mol. The van der Waals surface area contributed by atoms with Crippen LogP contribution in [0.2, 0.25) is 0 Å². The molecule has 0 radical (unpaired) electrons. The van der Waals surface area contributed by atoms with E-state index in [0.717, 1.165) is 12.0 Å². The Labute approximate surface area is 121 Å². The number of nitrogens with zero attached hydrogens (tertiary/aromatic N) is 1. The normalized spacial score (nSPS) is 12.7. The van der Waals surface area contributed by atoms with Crippen LogP contribution in [0.3, 0.4) is 0 Å². The van der Waals surface area contributed by atoms with Crippen molar-refractivity contribution in [3.05, 3.63) is 38.3 Å². The van der Waals surface area contributed by atoms with Crippen LogP contribution in [0.25, 0.3) is 0 Å². The number of benzene rings is 1. The summed E-state index contributed by atoms with van der Waals surface area (Å²) in [5.74, 6) is 0.448. The molecule has 0 aliphatic heterocycles. The van der Waals surface area contributed by atoms with Crippen LogP contribution in [0.4, 0.5) is 5.69 Å². The van der Waals surface area contributed by atoms with Crippen LogP contribution in [0, 0.1) is 16.0 Å². The SMILES string of the molecule is CC(C)CC(O)CNCc1cc(Br)cc([N+](=O)[O-])c1. The maximum atomic E-state index is 10.7. The van der Waals surface area contributed by atoms with E-state index in [1.807, 2.05) is 6.07 Å². The number of aliphatic hydroxyl groups is 1. The van der Waals surface area contributed by atoms with Gasteiger partial charge in [-0.05, 0) is 24.0 Å². The summed E-state index contributed by atoms with van der Waals surface area (Å²) in [5, 5.41) is 23.6. The first-order valence-corrected chi connectivity index (χ1v) is 7.00. The van der Waals surface area contributed by atoms with Gasteiger partial charge in [0.15, 0.2) is 0 Å². The summed E-state index contributed by atoms with van der Waals surface area (Å²) < 4.78 is 0.682. The lowest BCUT2D eigenvalue weighted by Gasteiger charge is -2.13. The highest BCUT2D eigenvalue weighted by atomic mass is 79.9. The number of nitro groups is 1. The van der Waals surface area contributed by atoms with E-state index in [0.29, 0.717) is 23.5 Å². The van der Waals surface area contributed by atoms with Crippen molar-refractivity contribution in [1.29, 1.82) is 0 Å². The zero-order valence-electron chi connectivity index (χ0n) is 11.1. The number of rotatable bonds is 7. The van der Waals surface area contributed by atoms with Crippen molar-refractivity contribution in [1.82, 2.24) is 5.32 Å². The molecule has 0 heterocycles. The van der Waals surface area contributed by atoms with Crippen molar-refractivity contribution in [3.63, 3.8) is 0 Å². The molecule has 1 unspecified atom stereocenters. The summed E-state index contributed by atoms with van der Waals surface area (Å²) in [4.78, 5) is 10.3. The largest absolute Gasteiger partial charge is 0.392 e. The van der Waals surface area contributed by atoms with Crippen molar-refractivity contribution >= 4 is 21.6 Å². The Bertz CT molecular complexity index is 438. The quantitative estimate of drug-likeness (QED) is 0.595. The fourth-order valence-corrected chi connectivity index (χ4v) is 2.38.